The van der Waals surface area contributed by atoms with Gasteiger partial charge in [0.15, 0.2) is 13.7 Å². The summed E-state index contributed by atoms with van der Waals surface area (Å²) in [5.74, 6) is 0.481. The molecule has 0 saturated carbocycles. The Kier molecular flexibility index (Phi) is 32.3. The molecule has 0 fully saturated rings. The summed E-state index contributed by atoms with van der Waals surface area (Å²) in [4.78, 5) is 44.6. The number of nitrogens with two attached hydrogens (primary N) is 1. The van der Waals surface area contributed by atoms with E-state index in [4.69, 9.17) is 5.73 Å². The highest BCUT2D eigenvalue weighted by Crippen LogP contribution is 2.33. The summed E-state index contributed by atoms with van der Waals surface area (Å²) in [5.41, 5.74) is 4.32. The minimum atomic E-state index is -2.18. The lowest BCUT2D eigenvalue weighted by atomic mass is 10.0. The van der Waals surface area contributed by atoms with E-state index in [1.165, 1.54) is 116 Å². The fourth-order valence-electron chi connectivity index (χ4n) is 5.39. The number of ketones is 1. The van der Waals surface area contributed by atoms with E-state index in [1.807, 2.05) is 0 Å². The number of hydrogen-bond acceptors (Lipinski definition) is 5. The topological polar surface area (TPSA) is 97.5 Å². The van der Waals surface area contributed by atoms with Gasteiger partial charge in [0.2, 0.25) is 5.52 Å². The highest BCUT2D eigenvalue weighted by Gasteiger charge is 2.21. The van der Waals surface area contributed by atoms with Gasteiger partial charge in [0.05, 0.1) is 6.54 Å². The van der Waals surface area contributed by atoms with Crippen molar-refractivity contribution in [3.8, 4) is 0 Å². The van der Waals surface area contributed by atoms with Crippen LogP contribution in [0.2, 0.25) is 0 Å². The molecule has 6 heteroatoms. The molecule has 1 unspecified atom stereocenters. The van der Waals surface area contributed by atoms with Gasteiger partial charge < -0.3 is 10.6 Å². The number of allylic oxidation sites excluding steroid dienone is 2. The predicted octanol–water partition coefficient (Wildman–Crippen LogP) is 10.8. The molecule has 0 amide bonds. The third-order valence-corrected chi connectivity index (χ3v) is 9.56. The monoisotopic (exact) mass is 609 g/mol. The van der Waals surface area contributed by atoms with Gasteiger partial charge in [-0.15, -0.1) is 0 Å². The molecule has 0 aliphatic carbocycles. The van der Waals surface area contributed by atoms with Gasteiger partial charge in [0, 0.05) is 19.3 Å². The van der Waals surface area contributed by atoms with Crippen LogP contribution in [0, 0.1) is 0 Å². The number of carbonyl (C=O) groups is 3. The van der Waals surface area contributed by atoms with Crippen molar-refractivity contribution in [2.75, 3.05) is 6.54 Å². The van der Waals surface area contributed by atoms with E-state index in [1.54, 1.807) is 0 Å². The number of Topliss-reactive ketones (excluding diaryl/α,β-unsaturated/α-hetero) is 1. The Morgan fingerprint density at radius 3 is 1.21 bits per heavy atom. The second-order valence-corrected chi connectivity index (χ2v) is 13.9. The van der Waals surface area contributed by atoms with Crippen molar-refractivity contribution in [2.24, 2.45) is 5.73 Å². The van der Waals surface area contributed by atoms with Gasteiger partial charge in [-0.05, 0) is 44.9 Å². The molecule has 0 aromatic heterocycles. The summed E-state index contributed by atoms with van der Waals surface area (Å²) in [6.45, 7) is 2.02. The molecule has 0 aliphatic heterocycles. The van der Waals surface area contributed by atoms with Crippen LogP contribution in [0.25, 0.3) is 0 Å². The zero-order valence-electron chi connectivity index (χ0n) is 27.6. The van der Waals surface area contributed by atoms with Crippen LogP contribution in [-0.4, -0.2) is 28.3 Å². The SMILES string of the molecule is CCCCCCCCCCCCCCCC(=O)CCCCCCCC/C=C\CCCCCCCC(=O)P(O)C(=O)CN. The molecule has 0 aromatic carbocycles. The van der Waals surface area contributed by atoms with Gasteiger partial charge in [-0.3, -0.25) is 14.4 Å². The molecule has 0 aromatic rings. The van der Waals surface area contributed by atoms with E-state index in [9.17, 15) is 19.3 Å². The van der Waals surface area contributed by atoms with Gasteiger partial charge in [-0.1, -0.05) is 141 Å². The van der Waals surface area contributed by atoms with Crippen LogP contribution in [-0.2, 0) is 14.4 Å². The van der Waals surface area contributed by atoms with Crippen molar-refractivity contribution in [1.82, 2.24) is 0 Å². The third-order valence-electron chi connectivity index (χ3n) is 8.21. The fraction of sp³-hybridized carbons (Fsp3) is 0.861. The number of unbranched alkanes of at least 4 members (excludes halogenated alkanes) is 23. The fourth-order valence-corrected chi connectivity index (χ4v) is 6.21. The molecule has 3 N–H and O–H groups in total. The van der Waals surface area contributed by atoms with Gasteiger partial charge in [0.1, 0.15) is 5.78 Å². The maximum Gasteiger partial charge on any atom is 0.202 e. The van der Waals surface area contributed by atoms with Gasteiger partial charge in [0.25, 0.3) is 0 Å². The zero-order chi connectivity index (χ0) is 30.9. The largest absolute Gasteiger partial charge is 0.360 e. The van der Waals surface area contributed by atoms with E-state index in [-0.39, 0.29) is 18.5 Å². The Bertz CT molecular complexity index is 667. The van der Waals surface area contributed by atoms with E-state index in [0.29, 0.717) is 5.78 Å². The first-order valence-electron chi connectivity index (χ1n) is 17.9. The minimum absolute atomic E-state index is 0.260. The number of hydrogen-bond donors (Lipinski definition) is 2. The Balaban J connectivity index is 3.30. The van der Waals surface area contributed by atoms with Crippen LogP contribution in [0.5, 0.6) is 0 Å². The molecule has 0 spiro atoms. The van der Waals surface area contributed by atoms with Crippen molar-refractivity contribution >= 4 is 25.0 Å². The van der Waals surface area contributed by atoms with Crippen molar-refractivity contribution in [3.63, 3.8) is 0 Å². The summed E-state index contributed by atoms with van der Waals surface area (Å²) in [7, 11) is -2.18. The molecule has 0 aliphatic rings. The van der Waals surface area contributed by atoms with Gasteiger partial charge in [-0.25, -0.2) is 0 Å². The van der Waals surface area contributed by atoms with Gasteiger partial charge in [-0.2, -0.15) is 0 Å². The third kappa shape index (κ3) is 29.2. The molecule has 0 radical (unpaired) electrons. The lowest BCUT2D eigenvalue weighted by Gasteiger charge is -2.06. The molecular weight excluding hydrogens is 541 g/mol. The lowest BCUT2D eigenvalue weighted by molar-refractivity contribution is -0.119. The van der Waals surface area contributed by atoms with Crippen molar-refractivity contribution in [2.45, 2.75) is 193 Å². The second kappa shape index (κ2) is 33.0. The lowest BCUT2D eigenvalue weighted by Crippen LogP contribution is -2.14. The highest BCUT2D eigenvalue weighted by atomic mass is 31.1. The number of carbonyl (C=O) groups excluding carboxylic acids is 3. The van der Waals surface area contributed by atoms with Crippen molar-refractivity contribution in [1.29, 1.82) is 0 Å². The summed E-state index contributed by atoms with van der Waals surface area (Å²) in [6, 6.07) is 0. The molecule has 1 atom stereocenters. The Hall–Kier alpha value is -0.900. The Labute approximate surface area is 261 Å². The summed E-state index contributed by atoms with van der Waals surface area (Å²) in [5, 5.41) is 0. The quantitative estimate of drug-likeness (QED) is 0.0430. The van der Waals surface area contributed by atoms with Crippen LogP contribution in [0.15, 0.2) is 12.2 Å². The molecular formula is C36H68NO4P. The van der Waals surface area contributed by atoms with E-state index < -0.39 is 13.7 Å². The maximum atomic E-state index is 12.1. The van der Waals surface area contributed by atoms with E-state index in [2.05, 4.69) is 19.1 Å². The molecule has 5 nitrogen and oxygen atoms in total. The predicted molar refractivity (Wildman–Crippen MR) is 182 cm³/mol. The molecule has 0 heterocycles. The number of rotatable bonds is 34. The average Bonchev–Trinajstić information content (AvgIpc) is 2.99. The Morgan fingerprint density at radius 1 is 0.500 bits per heavy atom. The highest BCUT2D eigenvalue weighted by molar-refractivity contribution is 7.84. The first kappa shape index (κ1) is 41.1. The molecule has 246 valence electrons. The normalized spacial score (nSPS) is 12.3. The van der Waals surface area contributed by atoms with Crippen LogP contribution in [0.1, 0.15) is 193 Å². The van der Waals surface area contributed by atoms with Crippen molar-refractivity contribution < 1.29 is 19.3 Å². The first-order valence-corrected chi connectivity index (χ1v) is 19.2. The van der Waals surface area contributed by atoms with Crippen LogP contribution >= 0.6 is 8.15 Å². The standard InChI is InChI=1S/C36H68NO4P/c1-2-3-4-5-6-7-8-12-15-18-21-24-27-30-34(38)31-28-25-22-19-16-13-10-9-11-14-17-20-23-26-29-32-35(39)42(41)36(40)33-37/h9,11,41H,2-8,10,12-33,37H2,1H3/b11-9-. The van der Waals surface area contributed by atoms with E-state index >= 15 is 0 Å². The summed E-state index contributed by atoms with van der Waals surface area (Å²) in [6.07, 6.45) is 38.8. The second-order valence-electron chi connectivity index (χ2n) is 12.3. The molecule has 0 rings (SSSR count). The minimum Gasteiger partial charge on any atom is -0.360 e. The van der Waals surface area contributed by atoms with Crippen LogP contribution in [0.4, 0.5) is 0 Å². The Morgan fingerprint density at radius 2 is 0.833 bits per heavy atom. The summed E-state index contributed by atoms with van der Waals surface area (Å²) >= 11 is 0. The maximum absolute atomic E-state index is 12.1. The smallest absolute Gasteiger partial charge is 0.202 e. The molecule has 0 bridgehead atoms. The van der Waals surface area contributed by atoms with Crippen LogP contribution < -0.4 is 5.73 Å². The molecule has 0 saturated heterocycles. The zero-order valence-corrected chi connectivity index (χ0v) is 28.5. The van der Waals surface area contributed by atoms with Crippen molar-refractivity contribution in [3.05, 3.63) is 12.2 Å². The van der Waals surface area contributed by atoms with Crippen LogP contribution in [0.3, 0.4) is 0 Å². The van der Waals surface area contributed by atoms with E-state index in [0.717, 1.165) is 64.2 Å². The first-order chi connectivity index (χ1) is 20.5. The molecule has 42 heavy (non-hydrogen) atoms. The average molecular weight is 610 g/mol. The van der Waals surface area contributed by atoms with Gasteiger partial charge >= 0.3 is 0 Å². The summed E-state index contributed by atoms with van der Waals surface area (Å²) < 4.78 is 0.